The number of carbonyl (C=O) groups excluding carboxylic acids is 1. The molecule has 2 aromatic rings. The maximum Gasteiger partial charge on any atom is 0.254 e. The Hall–Kier alpha value is -1.90. The van der Waals surface area contributed by atoms with Crippen LogP contribution < -0.4 is 9.47 Å². The van der Waals surface area contributed by atoms with Crippen LogP contribution in [0.1, 0.15) is 23.2 Å². The first-order valence-electron chi connectivity index (χ1n) is 7.73. The summed E-state index contributed by atoms with van der Waals surface area (Å²) >= 11 is 2.21. The Bertz CT molecular complexity index is 726. The lowest BCUT2D eigenvalue weighted by molar-refractivity contribution is 0.0525. The van der Waals surface area contributed by atoms with E-state index in [0.29, 0.717) is 23.9 Å². The molecule has 1 saturated heterocycles. The van der Waals surface area contributed by atoms with E-state index in [0.717, 1.165) is 23.0 Å². The zero-order chi connectivity index (χ0) is 16.9. The summed E-state index contributed by atoms with van der Waals surface area (Å²) in [5.41, 5.74) is 0.712. The number of ether oxygens (including phenoxy) is 2. The quantitative estimate of drug-likeness (QED) is 0.686. The second-order valence-corrected chi connectivity index (χ2v) is 6.79. The van der Waals surface area contributed by atoms with E-state index in [9.17, 15) is 4.79 Å². The molecule has 1 amide bonds. The molecule has 6 nitrogen and oxygen atoms in total. The summed E-state index contributed by atoms with van der Waals surface area (Å²) < 4.78 is 12.0. The highest BCUT2D eigenvalue weighted by Gasteiger charge is 2.26. The van der Waals surface area contributed by atoms with Gasteiger partial charge in [-0.2, -0.15) is 4.98 Å². The van der Waals surface area contributed by atoms with E-state index in [2.05, 4.69) is 32.6 Å². The number of benzene rings is 1. The van der Waals surface area contributed by atoms with Gasteiger partial charge in [0.2, 0.25) is 11.8 Å². The van der Waals surface area contributed by atoms with Gasteiger partial charge in [0.1, 0.15) is 6.10 Å². The summed E-state index contributed by atoms with van der Waals surface area (Å²) in [5.74, 6) is 0.872. The average molecular weight is 439 g/mol. The van der Waals surface area contributed by atoms with Crippen LogP contribution in [-0.4, -0.2) is 47.1 Å². The van der Waals surface area contributed by atoms with Gasteiger partial charge >= 0.3 is 0 Å². The van der Waals surface area contributed by atoms with Gasteiger partial charge in [0.25, 0.3) is 5.91 Å². The molecule has 1 atom stereocenters. The summed E-state index contributed by atoms with van der Waals surface area (Å²) in [6.07, 6.45) is 4.78. The maximum atomic E-state index is 12.7. The molecule has 0 radical (unpaired) electrons. The summed E-state index contributed by atoms with van der Waals surface area (Å²) in [5, 5.41) is 0. The summed E-state index contributed by atoms with van der Waals surface area (Å²) in [4.78, 5) is 22.8. The first-order chi connectivity index (χ1) is 11.7. The highest BCUT2D eigenvalue weighted by molar-refractivity contribution is 14.1. The zero-order valence-electron chi connectivity index (χ0n) is 13.3. The van der Waals surface area contributed by atoms with Gasteiger partial charge in [-0.3, -0.25) is 9.78 Å². The smallest absolute Gasteiger partial charge is 0.254 e. The summed E-state index contributed by atoms with van der Waals surface area (Å²) in [6, 6.07) is 7.63. The molecule has 0 aliphatic carbocycles. The van der Waals surface area contributed by atoms with Crippen LogP contribution in [-0.2, 0) is 0 Å². The molecule has 24 heavy (non-hydrogen) atoms. The normalized spacial score (nSPS) is 17.4. The molecular formula is C17H18IN3O3. The van der Waals surface area contributed by atoms with E-state index in [1.807, 2.05) is 29.2 Å². The van der Waals surface area contributed by atoms with Gasteiger partial charge in [-0.15, -0.1) is 0 Å². The molecule has 1 aliphatic heterocycles. The Morgan fingerprint density at radius 3 is 2.96 bits per heavy atom. The number of aromatic nitrogens is 2. The number of methoxy groups -OCH3 is 1. The van der Waals surface area contributed by atoms with Crippen molar-refractivity contribution in [3.63, 3.8) is 0 Å². The van der Waals surface area contributed by atoms with Gasteiger partial charge in [-0.25, -0.2) is 0 Å². The fraction of sp³-hybridized carbons (Fsp3) is 0.353. The van der Waals surface area contributed by atoms with Crippen LogP contribution in [0, 0.1) is 3.57 Å². The molecule has 0 spiro atoms. The minimum atomic E-state index is -0.0908. The van der Waals surface area contributed by atoms with Gasteiger partial charge in [0.15, 0.2) is 0 Å². The van der Waals surface area contributed by atoms with E-state index >= 15 is 0 Å². The molecule has 2 heterocycles. The number of carbonyl (C=O) groups is 1. The molecule has 0 saturated carbocycles. The highest BCUT2D eigenvalue weighted by atomic mass is 127. The van der Waals surface area contributed by atoms with Crippen molar-refractivity contribution in [2.75, 3.05) is 20.2 Å². The number of rotatable bonds is 4. The van der Waals surface area contributed by atoms with Crippen molar-refractivity contribution in [3.05, 3.63) is 45.8 Å². The fourth-order valence-electron chi connectivity index (χ4n) is 2.68. The number of nitrogens with zero attached hydrogens (tertiary/aromatic N) is 3. The van der Waals surface area contributed by atoms with Crippen LogP contribution in [0.4, 0.5) is 0 Å². The van der Waals surface area contributed by atoms with Crippen LogP contribution in [0.25, 0.3) is 0 Å². The first-order valence-corrected chi connectivity index (χ1v) is 8.81. The number of hydrogen-bond acceptors (Lipinski definition) is 5. The van der Waals surface area contributed by atoms with Gasteiger partial charge in [-0.1, -0.05) is 6.07 Å². The Balaban J connectivity index is 1.66. The molecule has 0 N–H and O–H groups in total. The molecule has 1 aromatic heterocycles. The second kappa shape index (κ2) is 7.78. The lowest BCUT2D eigenvalue weighted by Gasteiger charge is -2.32. The zero-order valence-corrected chi connectivity index (χ0v) is 15.5. The Morgan fingerprint density at radius 1 is 1.33 bits per heavy atom. The number of hydrogen-bond donors (Lipinski definition) is 0. The third-order valence-electron chi connectivity index (χ3n) is 3.82. The Labute approximate surface area is 154 Å². The maximum absolute atomic E-state index is 12.7. The van der Waals surface area contributed by atoms with Crippen LogP contribution in [0.2, 0.25) is 0 Å². The predicted molar refractivity (Wildman–Crippen MR) is 97.3 cm³/mol. The molecule has 1 unspecified atom stereocenters. The van der Waals surface area contributed by atoms with Crippen molar-refractivity contribution >= 4 is 28.5 Å². The largest absolute Gasteiger partial charge is 0.480 e. The molecule has 3 rings (SSSR count). The lowest BCUT2D eigenvalue weighted by atomic mass is 10.1. The molecular weight excluding hydrogens is 421 g/mol. The summed E-state index contributed by atoms with van der Waals surface area (Å²) in [7, 11) is 1.54. The van der Waals surface area contributed by atoms with Crippen molar-refractivity contribution in [1.82, 2.24) is 14.9 Å². The van der Waals surface area contributed by atoms with Crippen molar-refractivity contribution in [3.8, 4) is 11.8 Å². The van der Waals surface area contributed by atoms with Gasteiger partial charge in [0, 0.05) is 15.7 Å². The standard InChI is InChI=1S/C17H18IN3O3/c1-23-15-9-19-10-16(20-15)24-14-6-3-7-21(11-14)17(22)12-4-2-5-13(18)8-12/h2,4-5,8-10,14H,3,6-7,11H2,1H3. The lowest BCUT2D eigenvalue weighted by Crippen LogP contribution is -2.44. The number of piperidine rings is 1. The molecule has 1 fully saturated rings. The van der Waals surface area contributed by atoms with Gasteiger partial charge in [-0.05, 0) is 53.6 Å². The number of amides is 1. The van der Waals surface area contributed by atoms with Gasteiger partial charge < -0.3 is 14.4 Å². The van der Waals surface area contributed by atoms with E-state index in [1.165, 1.54) is 13.3 Å². The number of likely N-dealkylation sites (tertiary alicyclic amines) is 1. The van der Waals surface area contributed by atoms with Crippen LogP contribution >= 0.6 is 22.6 Å². The Morgan fingerprint density at radius 2 is 2.17 bits per heavy atom. The van der Waals surface area contributed by atoms with Gasteiger partial charge in [0.05, 0.1) is 26.0 Å². The second-order valence-electron chi connectivity index (χ2n) is 5.54. The van der Waals surface area contributed by atoms with E-state index < -0.39 is 0 Å². The summed E-state index contributed by atoms with van der Waals surface area (Å²) in [6.45, 7) is 1.29. The van der Waals surface area contributed by atoms with E-state index in [-0.39, 0.29) is 12.0 Å². The van der Waals surface area contributed by atoms with E-state index in [1.54, 1.807) is 6.20 Å². The van der Waals surface area contributed by atoms with Crippen LogP contribution in [0.3, 0.4) is 0 Å². The van der Waals surface area contributed by atoms with Crippen LogP contribution in [0.5, 0.6) is 11.8 Å². The molecule has 0 bridgehead atoms. The number of halogens is 1. The van der Waals surface area contributed by atoms with E-state index in [4.69, 9.17) is 9.47 Å². The minimum Gasteiger partial charge on any atom is -0.480 e. The van der Waals surface area contributed by atoms with Crippen molar-refractivity contribution in [1.29, 1.82) is 0 Å². The third-order valence-corrected chi connectivity index (χ3v) is 4.49. The third kappa shape index (κ3) is 4.14. The molecule has 126 valence electrons. The van der Waals surface area contributed by atoms with Crippen LogP contribution in [0.15, 0.2) is 36.7 Å². The molecule has 1 aliphatic rings. The first kappa shape index (κ1) is 16.9. The minimum absolute atomic E-state index is 0.0403. The average Bonchev–Trinajstić information content (AvgIpc) is 2.61. The van der Waals surface area contributed by atoms with Crippen molar-refractivity contribution in [2.24, 2.45) is 0 Å². The highest BCUT2D eigenvalue weighted by Crippen LogP contribution is 2.20. The van der Waals surface area contributed by atoms with Crippen molar-refractivity contribution in [2.45, 2.75) is 18.9 Å². The molecule has 7 heteroatoms. The molecule has 1 aromatic carbocycles. The Kier molecular flexibility index (Phi) is 5.49. The monoisotopic (exact) mass is 439 g/mol. The topological polar surface area (TPSA) is 64.6 Å². The fourth-order valence-corrected chi connectivity index (χ4v) is 3.22. The predicted octanol–water partition coefficient (Wildman–Crippen LogP) is 2.77. The van der Waals surface area contributed by atoms with Crippen molar-refractivity contribution < 1.29 is 14.3 Å². The SMILES string of the molecule is COc1cncc(OC2CCCN(C(=O)c3cccc(I)c3)C2)n1.